The first-order chi connectivity index (χ1) is 14.1. The van der Waals surface area contributed by atoms with Crippen LogP contribution in [0.4, 0.5) is 0 Å². The van der Waals surface area contributed by atoms with E-state index in [0.717, 1.165) is 38.6 Å². The lowest BCUT2D eigenvalue weighted by Crippen LogP contribution is -2.40. The van der Waals surface area contributed by atoms with Crippen LogP contribution in [0.15, 0.2) is 23.0 Å². The molecule has 2 aliphatic rings. The van der Waals surface area contributed by atoms with E-state index in [1.807, 2.05) is 36.6 Å². The molecule has 1 fully saturated rings. The van der Waals surface area contributed by atoms with Crippen molar-refractivity contribution in [3.8, 4) is 0 Å². The standard InChI is InChI=1S/C25H38N2O2/c1-3-12-21(4-2)26-24(28)22-17-20-15-10-5-6-11-16-23(20)27(25(22)29)18-19-13-8-7-9-14-19/h3,12,17,19,21H,4-11,13-16,18H2,1-2H3,(H,26,28)/b12-3+. The molecule has 1 aromatic heterocycles. The quantitative estimate of drug-likeness (QED) is 0.672. The largest absolute Gasteiger partial charge is 0.346 e. The lowest BCUT2D eigenvalue weighted by atomic mass is 9.88. The van der Waals surface area contributed by atoms with Crippen molar-refractivity contribution in [1.82, 2.24) is 9.88 Å². The third-order valence-electron chi connectivity index (χ3n) is 6.69. The molecule has 29 heavy (non-hydrogen) atoms. The fourth-order valence-corrected chi connectivity index (χ4v) is 4.98. The molecule has 1 atom stereocenters. The van der Waals surface area contributed by atoms with E-state index in [4.69, 9.17) is 0 Å². The maximum atomic E-state index is 13.5. The molecule has 160 valence electrons. The summed E-state index contributed by atoms with van der Waals surface area (Å²) in [7, 11) is 0. The van der Waals surface area contributed by atoms with Gasteiger partial charge in [-0.15, -0.1) is 0 Å². The van der Waals surface area contributed by atoms with E-state index in [9.17, 15) is 9.59 Å². The van der Waals surface area contributed by atoms with Crippen molar-refractivity contribution in [2.75, 3.05) is 0 Å². The number of allylic oxidation sites excluding steroid dienone is 1. The van der Waals surface area contributed by atoms with Crippen LogP contribution in [0.25, 0.3) is 0 Å². The number of nitrogens with one attached hydrogen (secondary N) is 1. The Morgan fingerprint density at radius 2 is 1.83 bits per heavy atom. The summed E-state index contributed by atoms with van der Waals surface area (Å²) in [5.41, 5.74) is 2.69. The molecule has 0 aliphatic heterocycles. The normalized spacial score (nSPS) is 19.4. The molecule has 0 spiro atoms. The second-order valence-corrected chi connectivity index (χ2v) is 8.88. The van der Waals surface area contributed by atoms with Gasteiger partial charge >= 0.3 is 0 Å². The van der Waals surface area contributed by atoms with Gasteiger partial charge in [0.1, 0.15) is 5.56 Å². The average Bonchev–Trinajstić information content (AvgIpc) is 2.71. The molecule has 2 aliphatic carbocycles. The van der Waals surface area contributed by atoms with Gasteiger partial charge in [0, 0.05) is 18.3 Å². The summed E-state index contributed by atoms with van der Waals surface area (Å²) in [5.74, 6) is 0.350. The SMILES string of the molecule is C/C=C/C(CC)NC(=O)c1cc2c(n(CC3CCCCC3)c1=O)CCCCCC2. The lowest BCUT2D eigenvalue weighted by molar-refractivity contribution is 0.0941. The zero-order chi connectivity index (χ0) is 20.6. The van der Waals surface area contributed by atoms with Crippen LogP contribution in [0.5, 0.6) is 0 Å². The Morgan fingerprint density at radius 1 is 1.14 bits per heavy atom. The Bertz CT molecular complexity index is 772. The second-order valence-electron chi connectivity index (χ2n) is 8.88. The second kappa shape index (κ2) is 10.8. The van der Waals surface area contributed by atoms with Crippen LogP contribution >= 0.6 is 0 Å². The van der Waals surface area contributed by atoms with E-state index < -0.39 is 0 Å². The summed E-state index contributed by atoms with van der Waals surface area (Å²) < 4.78 is 2.00. The number of rotatable bonds is 6. The first-order valence-corrected chi connectivity index (χ1v) is 11.8. The van der Waals surface area contributed by atoms with Crippen molar-refractivity contribution in [2.45, 2.75) is 103 Å². The number of carbonyl (C=O) groups excluding carboxylic acids is 1. The highest BCUT2D eigenvalue weighted by molar-refractivity contribution is 5.94. The van der Waals surface area contributed by atoms with Gasteiger partial charge in [-0.05, 0) is 69.4 Å². The number of hydrogen-bond acceptors (Lipinski definition) is 2. The lowest BCUT2D eigenvalue weighted by Gasteiger charge is -2.27. The highest BCUT2D eigenvalue weighted by atomic mass is 16.2. The number of nitrogens with zero attached hydrogens (tertiary/aromatic N) is 1. The summed E-state index contributed by atoms with van der Waals surface area (Å²) in [6.07, 6.45) is 17.7. The van der Waals surface area contributed by atoms with Gasteiger partial charge in [0.25, 0.3) is 11.5 Å². The van der Waals surface area contributed by atoms with E-state index in [0.29, 0.717) is 11.5 Å². The highest BCUT2D eigenvalue weighted by Gasteiger charge is 2.23. The van der Waals surface area contributed by atoms with Crippen molar-refractivity contribution in [2.24, 2.45) is 5.92 Å². The minimum atomic E-state index is -0.220. The fourth-order valence-electron chi connectivity index (χ4n) is 4.98. The van der Waals surface area contributed by atoms with Crippen LogP contribution in [0.1, 0.15) is 99.7 Å². The van der Waals surface area contributed by atoms with Gasteiger partial charge in [-0.25, -0.2) is 0 Å². The molecular weight excluding hydrogens is 360 g/mol. The van der Waals surface area contributed by atoms with E-state index in [-0.39, 0.29) is 17.5 Å². The van der Waals surface area contributed by atoms with Crippen LogP contribution in [0.2, 0.25) is 0 Å². The topological polar surface area (TPSA) is 51.1 Å². The third-order valence-corrected chi connectivity index (χ3v) is 6.69. The molecular formula is C25H38N2O2. The first-order valence-electron chi connectivity index (χ1n) is 11.8. The number of amides is 1. The molecule has 1 saturated carbocycles. The van der Waals surface area contributed by atoms with Crippen LogP contribution < -0.4 is 10.9 Å². The third kappa shape index (κ3) is 5.61. The summed E-state index contributed by atoms with van der Waals surface area (Å²) in [4.78, 5) is 26.5. The van der Waals surface area contributed by atoms with E-state index >= 15 is 0 Å². The van der Waals surface area contributed by atoms with Gasteiger partial charge in [0.15, 0.2) is 0 Å². The Morgan fingerprint density at radius 3 is 2.52 bits per heavy atom. The van der Waals surface area contributed by atoms with Crippen molar-refractivity contribution >= 4 is 5.91 Å². The van der Waals surface area contributed by atoms with Crippen molar-refractivity contribution < 1.29 is 4.79 Å². The summed E-state index contributed by atoms with van der Waals surface area (Å²) in [6.45, 7) is 4.79. The molecule has 0 bridgehead atoms. The summed E-state index contributed by atoms with van der Waals surface area (Å²) in [6, 6.07) is 1.89. The van der Waals surface area contributed by atoms with Crippen LogP contribution in [-0.4, -0.2) is 16.5 Å². The van der Waals surface area contributed by atoms with Gasteiger partial charge in [0.2, 0.25) is 0 Å². The molecule has 1 aromatic rings. The molecule has 1 unspecified atom stereocenters. The highest BCUT2D eigenvalue weighted by Crippen LogP contribution is 2.27. The Labute approximate surface area is 175 Å². The Hall–Kier alpha value is -1.84. The molecule has 4 nitrogen and oxygen atoms in total. The van der Waals surface area contributed by atoms with Gasteiger partial charge in [-0.1, -0.05) is 51.2 Å². The molecule has 1 amide bonds. The predicted octanol–water partition coefficient (Wildman–Crippen LogP) is 5.17. The van der Waals surface area contributed by atoms with Crippen molar-refractivity contribution in [3.63, 3.8) is 0 Å². The monoisotopic (exact) mass is 398 g/mol. The predicted molar refractivity (Wildman–Crippen MR) is 120 cm³/mol. The zero-order valence-corrected chi connectivity index (χ0v) is 18.3. The van der Waals surface area contributed by atoms with Gasteiger partial charge in [-0.3, -0.25) is 9.59 Å². The van der Waals surface area contributed by atoms with Crippen molar-refractivity contribution in [3.05, 3.63) is 45.4 Å². The fraction of sp³-hybridized carbons (Fsp3) is 0.680. The first kappa shape index (κ1) is 21.9. The van der Waals surface area contributed by atoms with Crippen molar-refractivity contribution in [1.29, 1.82) is 0 Å². The summed E-state index contributed by atoms with van der Waals surface area (Å²) >= 11 is 0. The Kier molecular flexibility index (Phi) is 8.14. The average molecular weight is 399 g/mol. The number of hydrogen-bond donors (Lipinski definition) is 1. The van der Waals surface area contributed by atoms with Gasteiger partial charge < -0.3 is 9.88 Å². The molecule has 1 N–H and O–H groups in total. The molecule has 0 radical (unpaired) electrons. The van der Waals surface area contributed by atoms with Crippen LogP contribution in [0, 0.1) is 5.92 Å². The number of carbonyl (C=O) groups is 1. The number of aromatic nitrogens is 1. The molecule has 1 heterocycles. The van der Waals surface area contributed by atoms with E-state index in [1.54, 1.807) is 0 Å². The maximum absolute atomic E-state index is 13.5. The van der Waals surface area contributed by atoms with Crippen LogP contribution in [-0.2, 0) is 19.4 Å². The van der Waals surface area contributed by atoms with Gasteiger partial charge in [0.05, 0.1) is 0 Å². The van der Waals surface area contributed by atoms with E-state index in [1.165, 1.54) is 56.2 Å². The number of pyridine rings is 1. The summed E-state index contributed by atoms with van der Waals surface area (Å²) in [5, 5.41) is 3.05. The molecule has 4 heteroatoms. The van der Waals surface area contributed by atoms with E-state index in [2.05, 4.69) is 5.32 Å². The molecule has 0 saturated heterocycles. The number of aryl methyl sites for hydroxylation is 1. The van der Waals surface area contributed by atoms with Crippen LogP contribution in [0.3, 0.4) is 0 Å². The smallest absolute Gasteiger partial charge is 0.263 e. The minimum Gasteiger partial charge on any atom is -0.346 e. The maximum Gasteiger partial charge on any atom is 0.263 e. The molecule has 0 aromatic carbocycles. The Balaban J connectivity index is 1.97. The molecule has 3 rings (SSSR count). The minimum absolute atomic E-state index is 0.0271. The number of fused-ring (bicyclic) bond motifs is 1. The van der Waals surface area contributed by atoms with Gasteiger partial charge in [-0.2, -0.15) is 0 Å². The zero-order valence-electron chi connectivity index (χ0n) is 18.3.